The molecule has 3 atom stereocenters. The summed E-state index contributed by atoms with van der Waals surface area (Å²) in [5.41, 5.74) is 0. The molecule has 0 radical (unpaired) electrons. The first kappa shape index (κ1) is 3.90. The quantitative estimate of drug-likeness (QED) is 0.414. The lowest BCUT2D eigenvalue weighted by Crippen LogP contribution is -1.90. The van der Waals surface area contributed by atoms with Crippen LogP contribution in [-0.2, 0) is 4.74 Å². The molecular formula is C6H10O. The van der Waals surface area contributed by atoms with E-state index in [1.165, 1.54) is 12.8 Å². The van der Waals surface area contributed by atoms with E-state index in [2.05, 4.69) is 6.92 Å². The molecule has 0 unspecified atom stereocenters. The third-order valence-electron chi connectivity index (χ3n) is 1.96. The van der Waals surface area contributed by atoms with Crippen LogP contribution >= 0.6 is 0 Å². The van der Waals surface area contributed by atoms with Gasteiger partial charge in [0, 0.05) is 0 Å². The maximum atomic E-state index is 5.22. The van der Waals surface area contributed by atoms with Crippen LogP contribution in [0.2, 0.25) is 0 Å². The van der Waals surface area contributed by atoms with Gasteiger partial charge < -0.3 is 4.74 Å². The summed E-state index contributed by atoms with van der Waals surface area (Å²) in [6, 6.07) is 0. The average molecular weight is 98.1 g/mol. The molecule has 1 aliphatic heterocycles. The van der Waals surface area contributed by atoms with Crippen molar-refractivity contribution in [2.45, 2.75) is 32.0 Å². The van der Waals surface area contributed by atoms with Crippen LogP contribution in [0.3, 0.4) is 0 Å². The molecule has 0 N–H and O–H groups in total. The molecule has 7 heavy (non-hydrogen) atoms. The number of fused-ring (bicyclic) bond motifs is 1. The second kappa shape index (κ2) is 1.03. The van der Waals surface area contributed by atoms with E-state index < -0.39 is 0 Å². The van der Waals surface area contributed by atoms with Gasteiger partial charge in [0.05, 0.1) is 12.2 Å². The van der Waals surface area contributed by atoms with Crippen molar-refractivity contribution in [2.24, 2.45) is 5.92 Å². The molecule has 2 aliphatic rings. The zero-order chi connectivity index (χ0) is 4.85. The lowest BCUT2D eigenvalue weighted by Gasteiger charge is -1.98. The Bertz CT molecular complexity index is 80.2. The Morgan fingerprint density at radius 1 is 1.29 bits per heavy atom. The fourth-order valence-corrected chi connectivity index (χ4v) is 1.48. The van der Waals surface area contributed by atoms with E-state index in [9.17, 15) is 0 Å². The molecule has 1 heterocycles. The highest BCUT2D eigenvalue weighted by molar-refractivity contribution is 4.93. The largest absolute Gasteiger partial charge is 0.370 e. The monoisotopic (exact) mass is 98.1 g/mol. The van der Waals surface area contributed by atoms with Gasteiger partial charge in [0.15, 0.2) is 0 Å². The first-order chi connectivity index (χ1) is 3.36. The van der Waals surface area contributed by atoms with E-state index >= 15 is 0 Å². The second-order valence-electron chi connectivity index (χ2n) is 2.79. The average Bonchev–Trinajstić information content (AvgIpc) is 2.15. The van der Waals surface area contributed by atoms with E-state index in [1.807, 2.05) is 0 Å². The Morgan fingerprint density at radius 2 is 1.86 bits per heavy atom. The van der Waals surface area contributed by atoms with Gasteiger partial charge in [0.2, 0.25) is 0 Å². The summed E-state index contributed by atoms with van der Waals surface area (Å²) >= 11 is 0. The molecule has 0 aromatic carbocycles. The van der Waals surface area contributed by atoms with E-state index in [0.29, 0.717) is 12.2 Å². The minimum atomic E-state index is 0.690. The van der Waals surface area contributed by atoms with Gasteiger partial charge in [0.1, 0.15) is 0 Å². The van der Waals surface area contributed by atoms with Crippen molar-refractivity contribution in [3.05, 3.63) is 0 Å². The Labute approximate surface area is 43.7 Å². The molecule has 0 bridgehead atoms. The van der Waals surface area contributed by atoms with Crippen LogP contribution in [0.5, 0.6) is 0 Å². The SMILES string of the molecule is C[C@@H]1C[C@@H]2O[C@@H]2C1. The summed E-state index contributed by atoms with van der Waals surface area (Å²) < 4.78 is 5.22. The first-order valence-corrected chi connectivity index (χ1v) is 3.02. The fourth-order valence-electron chi connectivity index (χ4n) is 1.48. The summed E-state index contributed by atoms with van der Waals surface area (Å²) in [5, 5.41) is 0. The van der Waals surface area contributed by atoms with Crippen LogP contribution in [0.4, 0.5) is 0 Å². The minimum absolute atomic E-state index is 0.690. The van der Waals surface area contributed by atoms with Gasteiger partial charge >= 0.3 is 0 Å². The van der Waals surface area contributed by atoms with Crippen molar-refractivity contribution in [1.82, 2.24) is 0 Å². The van der Waals surface area contributed by atoms with E-state index in [1.54, 1.807) is 0 Å². The van der Waals surface area contributed by atoms with Crippen molar-refractivity contribution >= 4 is 0 Å². The number of rotatable bonds is 0. The fraction of sp³-hybridized carbons (Fsp3) is 1.00. The summed E-state index contributed by atoms with van der Waals surface area (Å²) in [4.78, 5) is 0. The standard InChI is InChI=1S/C6H10O/c1-4-2-5-6(3-4)7-5/h4-6H,2-3H2,1H3/t4-,5+,6-. The van der Waals surface area contributed by atoms with Crippen LogP contribution in [0.25, 0.3) is 0 Å². The molecule has 1 heteroatoms. The molecule has 1 nitrogen and oxygen atoms in total. The van der Waals surface area contributed by atoms with Crippen molar-refractivity contribution in [3.8, 4) is 0 Å². The van der Waals surface area contributed by atoms with Gasteiger partial charge in [-0.1, -0.05) is 6.92 Å². The molecule has 1 saturated carbocycles. The molecule has 0 aromatic rings. The van der Waals surface area contributed by atoms with Gasteiger partial charge in [-0.25, -0.2) is 0 Å². The molecule has 0 amide bonds. The zero-order valence-electron chi connectivity index (χ0n) is 4.55. The van der Waals surface area contributed by atoms with Crippen LogP contribution in [-0.4, -0.2) is 12.2 Å². The van der Waals surface area contributed by atoms with Gasteiger partial charge in [-0.05, 0) is 18.8 Å². The van der Waals surface area contributed by atoms with Crippen molar-refractivity contribution in [1.29, 1.82) is 0 Å². The molecule has 0 spiro atoms. The minimum Gasteiger partial charge on any atom is -0.370 e. The highest BCUT2D eigenvalue weighted by atomic mass is 16.6. The first-order valence-electron chi connectivity index (χ1n) is 3.02. The topological polar surface area (TPSA) is 12.5 Å². The molecular weight excluding hydrogens is 88.1 g/mol. The van der Waals surface area contributed by atoms with Gasteiger partial charge in [-0.15, -0.1) is 0 Å². The lowest BCUT2D eigenvalue weighted by atomic mass is 10.1. The molecule has 1 saturated heterocycles. The normalized spacial score (nSPS) is 57.0. The van der Waals surface area contributed by atoms with Gasteiger partial charge in [-0.3, -0.25) is 0 Å². The van der Waals surface area contributed by atoms with Crippen molar-refractivity contribution < 1.29 is 4.74 Å². The predicted octanol–water partition coefficient (Wildman–Crippen LogP) is 1.18. The zero-order valence-corrected chi connectivity index (χ0v) is 4.55. The number of ether oxygens (including phenoxy) is 1. The molecule has 2 fully saturated rings. The Kier molecular flexibility index (Phi) is 0.571. The lowest BCUT2D eigenvalue weighted by molar-refractivity contribution is 0.283. The molecule has 0 aromatic heterocycles. The summed E-state index contributed by atoms with van der Waals surface area (Å²) in [6.45, 7) is 2.30. The molecule has 2 rings (SSSR count). The Balaban J connectivity index is 2.02. The molecule has 1 aliphatic carbocycles. The van der Waals surface area contributed by atoms with Gasteiger partial charge in [-0.2, -0.15) is 0 Å². The summed E-state index contributed by atoms with van der Waals surface area (Å²) in [5.74, 6) is 0.948. The highest BCUT2D eigenvalue weighted by Crippen LogP contribution is 2.41. The Hall–Kier alpha value is -0.0400. The van der Waals surface area contributed by atoms with Crippen LogP contribution < -0.4 is 0 Å². The number of hydrogen-bond donors (Lipinski definition) is 0. The highest BCUT2D eigenvalue weighted by Gasteiger charge is 2.45. The smallest absolute Gasteiger partial charge is 0.0844 e. The van der Waals surface area contributed by atoms with Crippen LogP contribution in [0.15, 0.2) is 0 Å². The maximum Gasteiger partial charge on any atom is 0.0844 e. The maximum absolute atomic E-state index is 5.22. The van der Waals surface area contributed by atoms with Gasteiger partial charge in [0.25, 0.3) is 0 Å². The third kappa shape index (κ3) is 0.480. The van der Waals surface area contributed by atoms with Crippen LogP contribution in [0, 0.1) is 5.92 Å². The van der Waals surface area contributed by atoms with E-state index in [4.69, 9.17) is 4.74 Å². The summed E-state index contributed by atoms with van der Waals surface area (Å²) in [6.07, 6.45) is 4.03. The molecule has 40 valence electrons. The Morgan fingerprint density at radius 3 is 2.14 bits per heavy atom. The van der Waals surface area contributed by atoms with Crippen molar-refractivity contribution in [3.63, 3.8) is 0 Å². The van der Waals surface area contributed by atoms with E-state index in [0.717, 1.165) is 5.92 Å². The van der Waals surface area contributed by atoms with Crippen LogP contribution in [0.1, 0.15) is 19.8 Å². The van der Waals surface area contributed by atoms with Crippen molar-refractivity contribution in [2.75, 3.05) is 0 Å². The van der Waals surface area contributed by atoms with E-state index in [-0.39, 0.29) is 0 Å². The summed E-state index contributed by atoms with van der Waals surface area (Å²) in [7, 11) is 0. The predicted molar refractivity (Wildman–Crippen MR) is 27.1 cm³/mol. The number of epoxide rings is 1. The second-order valence-corrected chi connectivity index (χ2v) is 2.79. The third-order valence-corrected chi connectivity index (χ3v) is 1.96. The number of hydrogen-bond acceptors (Lipinski definition) is 1.